The third kappa shape index (κ3) is 4.65. The highest BCUT2D eigenvalue weighted by atomic mass is 35.5. The van der Waals surface area contributed by atoms with Crippen molar-refractivity contribution in [2.45, 2.75) is 12.8 Å². The number of rotatable bonds is 6. The van der Waals surface area contributed by atoms with Crippen molar-refractivity contribution >= 4 is 28.9 Å². The van der Waals surface area contributed by atoms with Crippen LogP contribution in [0.1, 0.15) is 12.3 Å². The molecule has 1 heterocycles. The minimum absolute atomic E-state index is 0.185. The standard InChI is InChI=1S/C20H19ClFN3O2/c1-25(2)17-8-7-13(11-15(17)21)24-19(26)9-10-20-23-12-18(27-20)14-5-3-4-6-16(14)22/h3-8,11-12H,9-10H2,1-2H3,(H,24,26). The summed E-state index contributed by atoms with van der Waals surface area (Å²) in [4.78, 5) is 18.2. The summed E-state index contributed by atoms with van der Waals surface area (Å²) in [5.74, 6) is 0.157. The minimum atomic E-state index is -0.379. The van der Waals surface area contributed by atoms with E-state index in [4.69, 9.17) is 16.0 Å². The predicted molar refractivity (Wildman–Crippen MR) is 105 cm³/mol. The number of oxazole rings is 1. The summed E-state index contributed by atoms with van der Waals surface area (Å²) in [6.07, 6.45) is 1.96. The summed E-state index contributed by atoms with van der Waals surface area (Å²) in [5.41, 5.74) is 1.83. The lowest BCUT2D eigenvalue weighted by Crippen LogP contribution is -2.13. The summed E-state index contributed by atoms with van der Waals surface area (Å²) in [6.45, 7) is 0. The third-order valence-corrected chi connectivity index (χ3v) is 4.27. The number of benzene rings is 2. The van der Waals surface area contributed by atoms with Crippen molar-refractivity contribution in [2.75, 3.05) is 24.3 Å². The van der Waals surface area contributed by atoms with Crippen LogP contribution in [0.15, 0.2) is 53.1 Å². The number of carbonyl (C=O) groups excluding carboxylic acids is 1. The highest BCUT2D eigenvalue weighted by Gasteiger charge is 2.12. The Morgan fingerprint density at radius 3 is 2.74 bits per heavy atom. The van der Waals surface area contributed by atoms with E-state index in [1.165, 1.54) is 12.3 Å². The van der Waals surface area contributed by atoms with Gasteiger partial charge >= 0.3 is 0 Å². The number of halogens is 2. The Labute approximate surface area is 161 Å². The maximum Gasteiger partial charge on any atom is 0.224 e. The fourth-order valence-corrected chi connectivity index (χ4v) is 2.95. The zero-order chi connectivity index (χ0) is 19.4. The van der Waals surface area contributed by atoms with Gasteiger partial charge in [-0.2, -0.15) is 0 Å². The Kier molecular flexibility index (Phi) is 5.76. The van der Waals surface area contributed by atoms with Gasteiger partial charge < -0.3 is 14.6 Å². The normalized spacial score (nSPS) is 10.7. The van der Waals surface area contributed by atoms with Crippen LogP contribution in [-0.4, -0.2) is 25.0 Å². The highest BCUT2D eigenvalue weighted by Crippen LogP contribution is 2.27. The van der Waals surface area contributed by atoms with E-state index in [-0.39, 0.29) is 18.1 Å². The molecule has 0 aliphatic carbocycles. The lowest BCUT2D eigenvalue weighted by molar-refractivity contribution is -0.116. The predicted octanol–water partition coefficient (Wildman–Crippen LogP) is 4.77. The van der Waals surface area contributed by atoms with Crippen LogP contribution in [0.5, 0.6) is 0 Å². The van der Waals surface area contributed by atoms with E-state index in [2.05, 4.69) is 10.3 Å². The van der Waals surface area contributed by atoms with Gasteiger partial charge in [0.1, 0.15) is 5.82 Å². The van der Waals surface area contributed by atoms with Crippen LogP contribution in [0.4, 0.5) is 15.8 Å². The van der Waals surface area contributed by atoms with Gasteiger partial charge in [0.25, 0.3) is 0 Å². The molecule has 0 unspecified atom stereocenters. The summed E-state index contributed by atoms with van der Waals surface area (Å²) >= 11 is 6.21. The van der Waals surface area contributed by atoms with E-state index in [1.807, 2.05) is 25.1 Å². The molecular weight excluding hydrogens is 369 g/mol. The first-order chi connectivity index (χ1) is 12.9. The Morgan fingerprint density at radius 1 is 1.26 bits per heavy atom. The molecule has 0 fully saturated rings. The molecule has 0 saturated heterocycles. The first-order valence-electron chi connectivity index (χ1n) is 8.40. The van der Waals surface area contributed by atoms with Crippen LogP contribution in [0.3, 0.4) is 0 Å². The van der Waals surface area contributed by atoms with Crippen molar-refractivity contribution in [1.82, 2.24) is 4.98 Å². The summed E-state index contributed by atoms with van der Waals surface area (Å²) < 4.78 is 19.3. The molecule has 0 aliphatic rings. The van der Waals surface area contributed by atoms with Gasteiger partial charge in [0.2, 0.25) is 5.91 Å². The molecule has 27 heavy (non-hydrogen) atoms. The maximum absolute atomic E-state index is 13.8. The molecule has 0 radical (unpaired) electrons. The van der Waals surface area contributed by atoms with E-state index < -0.39 is 0 Å². The van der Waals surface area contributed by atoms with Gasteiger partial charge in [-0.15, -0.1) is 0 Å². The lowest BCUT2D eigenvalue weighted by atomic mass is 10.2. The summed E-state index contributed by atoms with van der Waals surface area (Å²) in [5, 5.41) is 3.35. The van der Waals surface area contributed by atoms with Crippen molar-refractivity contribution in [1.29, 1.82) is 0 Å². The molecule has 3 aromatic rings. The van der Waals surface area contributed by atoms with E-state index in [0.29, 0.717) is 34.3 Å². The molecule has 0 bridgehead atoms. The highest BCUT2D eigenvalue weighted by molar-refractivity contribution is 6.33. The zero-order valence-electron chi connectivity index (χ0n) is 15.0. The molecule has 3 rings (SSSR count). The van der Waals surface area contributed by atoms with E-state index in [9.17, 15) is 9.18 Å². The molecule has 1 N–H and O–H groups in total. The van der Waals surface area contributed by atoms with Gasteiger partial charge in [-0.1, -0.05) is 23.7 Å². The Morgan fingerprint density at radius 2 is 2.04 bits per heavy atom. The maximum atomic E-state index is 13.8. The molecule has 140 valence electrons. The van der Waals surface area contributed by atoms with Gasteiger partial charge in [0.15, 0.2) is 11.7 Å². The lowest BCUT2D eigenvalue weighted by Gasteiger charge is -2.15. The average Bonchev–Trinajstić information content (AvgIpc) is 3.09. The van der Waals surface area contributed by atoms with Crippen LogP contribution >= 0.6 is 11.6 Å². The first-order valence-corrected chi connectivity index (χ1v) is 8.78. The Balaban J connectivity index is 1.59. The quantitative estimate of drug-likeness (QED) is 0.661. The molecule has 2 aromatic carbocycles. The van der Waals surface area contributed by atoms with E-state index in [1.54, 1.807) is 30.3 Å². The SMILES string of the molecule is CN(C)c1ccc(NC(=O)CCc2ncc(-c3ccccc3F)o2)cc1Cl. The fourth-order valence-electron chi connectivity index (χ4n) is 2.60. The second-order valence-electron chi connectivity index (χ2n) is 6.21. The molecule has 5 nitrogen and oxygen atoms in total. The number of amides is 1. The molecule has 0 saturated carbocycles. The van der Waals surface area contributed by atoms with Crippen LogP contribution in [0.2, 0.25) is 5.02 Å². The average molecular weight is 388 g/mol. The van der Waals surface area contributed by atoms with Crippen molar-refractivity contribution < 1.29 is 13.6 Å². The smallest absolute Gasteiger partial charge is 0.224 e. The monoisotopic (exact) mass is 387 g/mol. The number of aromatic nitrogens is 1. The number of hydrogen-bond acceptors (Lipinski definition) is 4. The Bertz CT molecular complexity index is 956. The number of anilines is 2. The molecule has 1 amide bonds. The number of nitrogens with zero attached hydrogens (tertiary/aromatic N) is 2. The third-order valence-electron chi connectivity index (χ3n) is 3.97. The molecule has 1 aromatic heterocycles. The Hall–Kier alpha value is -2.86. The minimum Gasteiger partial charge on any atom is -0.441 e. The first kappa shape index (κ1) is 18.9. The molecule has 7 heteroatoms. The van der Waals surface area contributed by atoms with E-state index in [0.717, 1.165) is 5.69 Å². The second kappa shape index (κ2) is 8.22. The molecule has 0 atom stereocenters. The summed E-state index contributed by atoms with van der Waals surface area (Å²) in [7, 11) is 3.79. The van der Waals surface area contributed by atoms with Crippen molar-refractivity contribution in [3.63, 3.8) is 0 Å². The van der Waals surface area contributed by atoms with Gasteiger partial charge in [-0.3, -0.25) is 4.79 Å². The summed E-state index contributed by atoms with van der Waals surface area (Å²) in [6, 6.07) is 11.6. The number of hydrogen-bond donors (Lipinski definition) is 1. The molecular formula is C20H19ClFN3O2. The molecule has 0 aliphatic heterocycles. The van der Waals surface area contributed by atoms with Crippen LogP contribution in [0.25, 0.3) is 11.3 Å². The fraction of sp³-hybridized carbons (Fsp3) is 0.200. The second-order valence-corrected chi connectivity index (χ2v) is 6.61. The van der Waals surface area contributed by atoms with Crippen LogP contribution < -0.4 is 10.2 Å². The van der Waals surface area contributed by atoms with Gasteiger partial charge in [0, 0.05) is 32.6 Å². The van der Waals surface area contributed by atoms with Crippen LogP contribution in [-0.2, 0) is 11.2 Å². The topological polar surface area (TPSA) is 58.4 Å². The van der Waals surface area contributed by atoms with Crippen molar-refractivity contribution in [3.05, 3.63) is 65.4 Å². The zero-order valence-corrected chi connectivity index (χ0v) is 15.8. The van der Waals surface area contributed by atoms with E-state index >= 15 is 0 Å². The van der Waals surface area contributed by atoms with Gasteiger partial charge in [-0.05, 0) is 30.3 Å². The van der Waals surface area contributed by atoms with Crippen molar-refractivity contribution in [2.24, 2.45) is 0 Å². The largest absolute Gasteiger partial charge is 0.441 e. The van der Waals surface area contributed by atoms with Crippen molar-refractivity contribution in [3.8, 4) is 11.3 Å². The van der Waals surface area contributed by atoms with Gasteiger partial charge in [-0.25, -0.2) is 9.37 Å². The molecule has 0 spiro atoms. The number of nitrogens with one attached hydrogen (secondary N) is 1. The number of aryl methyl sites for hydroxylation is 1. The van der Waals surface area contributed by atoms with Gasteiger partial charge in [0.05, 0.1) is 22.5 Å². The van der Waals surface area contributed by atoms with Crippen LogP contribution in [0, 0.1) is 5.82 Å². The number of carbonyl (C=O) groups is 1.